The Morgan fingerprint density at radius 1 is 0.737 bits per heavy atom. The summed E-state index contributed by atoms with van der Waals surface area (Å²) in [6, 6.07) is 4.09. The van der Waals surface area contributed by atoms with Crippen LogP contribution in [-0.4, -0.2) is 57.0 Å². The molecule has 0 saturated carbocycles. The van der Waals surface area contributed by atoms with E-state index in [2.05, 4.69) is 4.90 Å². The largest absolute Gasteiger partial charge is 0.305 e. The monoisotopic (exact) mass is 264 g/mol. The van der Waals surface area contributed by atoms with Gasteiger partial charge in [-0.1, -0.05) is 0 Å². The van der Waals surface area contributed by atoms with Crippen molar-refractivity contribution in [2.24, 2.45) is 0 Å². The zero-order valence-electron chi connectivity index (χ0n) is 13.0. The van der Waals surface area contributed by atoms with Gasteiger partial charge in [-0.3, -0.25) is 5.11 Å². The summed E-state index contributed by atoms with van der Waals surface area (Å²) in [5, 5.41) is 12.4. The summed E-state index contributed by atoms with van der Waals surface area (Å²) in [5.74, 6) is 0.185. The van der Waals surface area contributed by atoms with Gasteiger partial charge in [0.1, 0.15) is 0 Å². The predicted octanol–water partition coefficient (Wildman–Crippen LogP) is 2.02. The van der Waals surface area contributed by atoms with Gasteiger partial charge in [-0.15, -0.1) is 0 Å². The minimum absolute atomic E-state index is 0.185. The number of benzene rings is 1. The second kappa shape index (κ2) is 6.89. The summed E-state index contributed by atoms with van der Waals surface area (Å²) in [4.78, 5) is 6.20. The lowest BCUT2D eigenvalue weighted by Crippen LogP contribution is -2.16. The maximum Gasteiger partial charge on any atom is 0.187 e. The Morgan fingerprint density at radius 3 is 1.42 bits per heavy atom. The standard InChI is InChI=1S/C15H26N3O/c1-16(2)9-12-7-13(10-17(3)4)15(19)14(8-12)11-18(5)6/h7-8H,9-11H2,1-6H3. The second-order valence-corrected chi connectivity index (χ2v) is 5.96. The van der Waals surface area contributed by atoms with E-state index in [1.165, 1.54) is 5.56 Å². The molecule has 1 radical (unpaired) electrons. The first-order valence-electron chi connectivity index (χ1n) is 6.55. The zero-order chi connectivity index (χ0) is 14.6. The van der Waals surface area contributed by atoms with Crippen molar-refractivity contribution in [3.63, 3.8) is 0 Å². The molecule has 0 saturated heterocycles. The average Bonchev–Trinajstić information content (AvgIpc) is 2.22. The third-order valence-electron chi connectivity index (χ3n) is 2.77. The lowest BCUT2D eigenvalue weighted by atomic mass is 10.0. The van der Waals surface area contributed by atoms with E-state index in [0.717, 1.165) is 17.7 Å². The molecule has 1 rings (SSSR count). The van der Waals surface area contributed by atoms with Gasteiger partial charge in [0, 0.05) is 30.8 Å². The number of nitrogens with zero attached hydrogens (tertiary/aromatic N) is 3. The Hall–Kier alpha value is -1.10. The first-order valence-corrected chi connectivity index (χ1v) is 6.55. The Morgan fingerprint density at radius 2 is 1.11 bits per heavy atom. The first-order chi connectivity index (χ1) is 8.79. The normalized spacial score (nSPS) is 11.8. The van der Waals surface area contributed by atoms with Gasteiger partial charge in [0.2, 0.25) is 0 Å². The maximum absolute atomic E-state index is 12.4. The lowest BCUT2D eigenvalue weighted by Gasteiger charge is -2.18. The van der Waals surface area contributed by atoms with E-state index < -0.39 is 0 Å². The van der Waals surface area contributed by atoms with Gasteiger partial charge in [0.05, 0.1) is 0 Å². The Labute approximate surface area is 117 Å². The molecule has 107 valence electrons. The summed E-state index contributed by atoms with van der Waals surface area (Å²) in [6.45, 7) is 2.25. The molecule has 19 heavy (non-hydrogen) atoms. The fourth-order valence-corrected chi connectivity index (χ4v) is 2.20. The van der Waals surface area contributed by atoms with E-state index in [1.807, 2.05) is 64.2 Å². The van der Waals surface area contributed by atoms with Crippen LogP contribution in [0.15, 0.2) is 12.1 Å². The summed E-state index contributed by atoms with van der Waals surface area (Å²) >= 11 is 0. The van der Waals surface area contributed by atoms with E-state index in [0.29, 0.717) is 13.1 Å². The number of rotatable bonds is 6. The fraction of sp³-hybridized carbons (Fsp3) is 0.600. The van der Waals surface area contributed by atoms with E-state index >= 15 is 0 Å². The third kappa shape index (κ3) is 5.19. The average molecular weight is 264 g/mol. The quantitative estimate of drug-likeness (QED) is 0.787. The van der Waals surface area contributed by atoms with Crippen LogP contribution in [-0.2, 0) is 24.7 Å². The van der Waals surface area contributed by atoms with E-state index in [9.17, 15) is 5.11 Å². The number of hydrogen-bond acceptors (Lipinski definition) is 3. The molecule has 0 heterocycles. The molecule has 0 atom stereocenters. The topological polar surface area (TPSA) is 29.6 Å². The maximum atomic E-state index is 12.4. The van der Waals surface area contributed by atoms with Crippen molar-refractivity contribution < 1.29 is 5.11 Å². The highest BCUT2D eigenvalue weighted by molar-refractivity contribution is 5.43. The van der Waals surface area contributed by atoms with Crippen molar-refractivity contribution in [2.75, 3.05) is 42.3 Å². The van der Waals surface area contributed by atoms with Crippen molar-refractivity contribution in [3.05, 3.63) is 28.8 Å². The van der Waals surface area contributed by atoms with Crippen molar-refractivity contribution in [2.45, 2.75) is 19.6 Å². The molecule has 0 aliphatic heterocycles. The second-order valence-electron chi connectivity index (χ2n) is 5.96. The molecule has 0 spiro atoms. The molecule has 4 nitrogen and oxygen atoms in total. The van der Waals surface area contributed by atoms with Gasteiger partial charge >= 0.3 is 0 Å². The van der Waals surface area contributed by atoms with Crippen LogP contribution in [0, 0.1) is 0 Å². The van der Waals surface area contributed by atoms with Crippen LogP contribution in [0.25, 0.3) is 0 Å². The van der Waals surface area contributed by atoms with E-state index in [-0.39, 0.29) is 5.75 Å². The van der Waals surface area contributed by atoms with Gasteiger partial charge in [-0.2, -0.15) is 0 Å². The van der Waals surface area contributed by atoms with Crippen molar-refractivity contribution in [1.82, 2.24) is 14.7 Å². The Balaban J connectivity index is 3.13. The van der Waals surface area contributed by atoms with E-state index in [1.54, 1.807) is 0 Å². The molecule has 0 bridgehead atoms. The lowest BCUT2D eigenvalue weighted by molar-refractivity contribution is 0.315. The molecule has 0 amide bonds. The Kier molecular flexibility index (Phi) is 5.79. The Bertz CT molecular complexity index is 383. The molecule has 0 aliphatic rings. The minimum atomic E-state index is 0.185. The smallest absolute Gasteiger partial charge is 0.187 e. The van der Waals surface area contributed by atoms with Gasteiger partial charge in [0.25, 0.3) is 0 Å². The molecular formula is C15H26N3O. The SMILES string of the molecule is CN(C)Cc1cc(CN(C)C)c([O])c(CN(C)C)c1. The van der Waals surface area contributed by atoms with Crippen LogP contribution in [0.3, 0.4) is 0 Å². The van der Waals surface area contributed by atoms with Crippen molar-refractivity contribution >= 4 is 0 Å². The molecule has 0 fully saturated rings. The van der Waals surface area contributed by atoms with Crippen LogP contribution in [0.2, 0.25) is 0 Å². The van der Waals surface area contributed by atoms with Crippen LogP contribution < -0.4 is 0 Å². The third-order valence-corrected chi connectivity index (χ3v) is 2.77. The van der Waals surface area contributed by atoms with Crippen molar-refractivity contribution in [1.29, 1.82) is 0 Å². The first kappa shape index (κ1) is 16.0. The molecule has 0 unspecified atom stereocenters. The van der Waals surface area contributed by atoms with Gasteiger partial charge in [0.15, 0.2) is 5.75 Å². The predicted molar refractivity (Wildman–Crippen MR) is 78.7 cm³/mol. The highest BCUT2D eigenvalue weighted by atomic mass is 16.3. The van der Waals surface area contributed by atoms with Gasteiger partial charge < -0.3 is 14.7 Å². The zero-order valence-corrected chi connectivity index (χ0v) is 13.0. The summed E-state index contributed by atoms with van der Waals surface area (Å²) in [5.41, 5.74) is 2.99. The van der Waals surface area contributed by atoms with Crippen LogP contribution in [0.4, 0.5) is 0 Å². The van der Waals surface area contributed by atoms with Gasteiger partial charge in [-0.05, 0) is 60.0 Å². The van der Waals surface area contributed by atoms with Crippen LogP contribution in [0.1, 0.15) is 16.7 Å². The summed E-state index contributed by atoms with van der Waals surface area (Å²) in [6.07, 6.45) is 0. The molecule has 1 aromatic carbocycles. The summed E-state index contributed by atoms with van der Waals surface area (Å²) in [7, 11) is 12.0. The van der Waals surface area contributed by atoms with Gasteiger partial charge in [-0.25, -0.2) is 0 Å². The summed E-state index contributed by atoms with van der Waals surface area (Å²) < 4.78 is 0. The number of hydrogen-bond donors (Lipinski definition) is 0. The molecular weight excluding hydrogens is 238 g/mol. The molecule has 0 aromatic heterocycles. The minimum Gasteiger partial charge on any atom is -0.305 e. The molecule has 0 aliphatic carbocycles. The van der Waals surface area contributed by atoms with Crippen molar-refractivity contribution in [3.8, 4) is 5.75 Å². The highest BCUT2D eigenvalue weighted by Crippen LogP contribution is 2.27. The molecule has 1 aromatic rings. The fourth-order valence-electron chi connectivity index (χ4n) is 2.20. The molecule has 0 N–H and O–H groups in total. The highest BCUT2D eigenvalue weighted by Gasteiger charge is 2.13. The molecule has 4 heteroatoms. The van der Waals surface area contributed by atoms with E-state index in [4.69, 9.17) is 0 Å². The van der Waals surface area contributed by atoms with Crippen LogP contribution >= 0.6 is 0 Å². The van der Waals surface area contributed by atoms with Crippen LogP contribution in [0.5, 0.6) is 5.75 Å².